The van der Waals surface area contributed by atoms with Gasteiger partial charge in [-0.3, -0.25) is 4.79 Å². The molecule has 1 aliphatic heterocycles. The molecule has 7 nitrogen and oxygen atoms in total. The number of hydrogen-bond donors (Lipinski definition) is 1. The number of rotatable bonds is 6. The highest BCUT2D eigenvalue weighted by Crippen LogP contribution is 2.45. The van der Waals surface area contributed by atoms with Crippen LogP contribution in [-0.2, 0) is 14.6 Å². The van der Waals surface area contributed by atoms with Gasteiger partial charge >= 0.3 is 0 Å². The highest BCUT2D eigenvalue weighted by atomic mass is 32.2. The average Bonchev–Trinajstić information content (AvgIpc) is 3.41. The van der Waals surface area contributed by atoms with Crippen LogP contribution >= 0.6 is 11.8 Å². The number of carbonyl (C=O) groups excluding carboxylic acids is 1. The second-order valence-electron chi connectivity index (χ2n) is 6.67. The zero-order valence-electron chi connectivity index (χ0n) is 12.8. The molecule has 2 aliphatic carbocycles. The predicted octanol–water partition coefficient (Wildman–Crippen LogP) is 0.886. The number of thioether (sulfide) groups is 1. The van der Waals surface area contributed by atoms with E-state index in [9.17, 15) is 13.2 Å². The lowest BCUT2D eigenvalue weighted by molar-refractivity contribution is -0.119. The van der Waals surface area contributed by atoms with E-state index in [1.54, 1.807) is 0 Å². The molecule has 3 aliphatic rings. The molecule has 0 aromatic carbocycles. The number of hydrogen-bond acceptors (Lipinski definition) is 6. The van der Waals surface area contributed by atoms with Gasteiger partial charge in [-0.15, -0.1) is 10.2 Å². The third-order valence-corrected chi connectivity index (χ3v) is 7.19. The Morgan fingerprint density at radius 2 is 2.00 bits per heavy atom. The molecule has 2 saturated carbocycles. The molecule has 1 N–H and O–H groups in total. The van der Waals surface area contributed by atoms with Gasteiger partial charge in [-0.25, -0.2) is 8.42 Å². The summed E-state index contributed by atoms with van der Waals surface area (Å²) in [5, 5.41) is 12.2. The molecule has 126 valence electrons. The largest absolute Gasteiger partial charge is 0.352 e. The van der Waals surface area contributed by atoms with Crippen LogP contribution in [0.5, 0.6) is 0 Å². The van der Waals surface area contributed by atoms with Gasteiger partial charge in [0.25, 0.3) is 0 Å². The molecule has 2 heterocycles. The molecule has 1 aromatic heterocycles. The number of aromatic nitrogens is 3. The van der Waals surface area contributed by atoms with Gasteiger partial charge in [0.15, 0.2) is 15.0 Å². The second-order valence-corrected chi connectivity index (χ2v) is 9.84. The highest BCUT2D eigenvalue weighted by molar-refractivity contribution is 7.99. The monoisotopic (exact) mass is 356 g/mol. The number of amides is 1. The van der Waals surface area contributed by atoms with E-state index < -0.39 is 9.84 Å². The van der Waals surface area contributed by atoms with E-state index in [-0.39, 0.29) is 29.2 Å². The molecule has 0 unspecified atom stereocenters. The maximum atomic E-state index is 12.0. The van der Waals surface area contributed by atoms with Gasteiger partial charge in [-0.05, 0) is 32.1 Å². The summed E-state index contributed by atoms with van der Waals surface area (Å²) in [5.74, 6) is 1.99. The van der Waals surface area contributed by atoms with Crippen LogP contribution in [0.2, 0.25) is 0 Å². The first-order valence-electron chi connectivity index (χ1n) is 8.09. The summed E-state index contributed by atoms with van der Waals surface area (Å²) in [6, 6.07) is 0.266. The fourth-order valence-electron chi connectivity index (χ4n) is 2.99. The normalized spacial score (nSPS) is 26.3. The Labute approximate surface area is 139 Å². The summed E-state index contributed by atoms with van der Waals surface area (Å²) < 4.78 is 25.1. The second kappa shape index (κ2) is 5.77. The van der Waals surface area contributed by atoms with Crippen LogP contribution in [0.1, 0.15) is 49.9 Å². The number of nitrogens with zero attached hydrogens (tertiary/aromatic N) is 3. The van der Waals surface area contributed by atoms with E-state index in [0.717, 1.165) is 23.8 Å². The lowest BCUT2D eigenvalue weighted by Crippen LogP contribution is -2.36. The van der Waals surface area contributed by atoms with Crippen molar-refractivity contribution in [1.82, 2.24) is 20.1 Å². The first-order valence-corrected chi connectivity index (χ1v) is 10.9. The summed E-state index contributed by atoms with van der Waals surface area (Å²) in [5.41, 5.74) is 0. The SMILES string of the molecule is O=C(CSc1nnc(C2CC2)n1C1CC1)N[C@H]1CCS(=O)(=O)C1. The first kappa shape index (κ1) is 15.4. The summed E-state index contributed by atoms with van der Waals surface area (Å²) in [6.07, 6.45) is 5.22. The van der Waals surface area contributed by atoms with Crippen LogP contribution in [0.4, 0.5) is 0 Å². The average molecular weight is 356 g/mol. The van der Waals surface area contributed by atoms with Crippen LogP contribution in [0, 0.1) is 0 Å². The van der Waals surface area contributed by atoms with Crippen molar-refractivity contribution >= 4 is 27.5 Å². The Hall–Kier alpha value is -1.09. The summed E-state index contributed by atoms with van der Waals surface area (Å²) >= 11 is 1.40. The van der Waals surface area contributed by atoms with Gasteiger partial charge in [0.05, 0.1) is 17.3 Å². The molecule has 3 fully saturated rings. The quantitative estimate of drug-likeness (QED) is 0.761. The van der Waals surface area contributed by atoms with Gasteiger partial charge in [0, 0.05) is 18.0 Å². The van der Waals surface area contributed by atoms with Crippen molar-refractivity contribution in [2.45, 2.75) is 55.3 Å². The molecule has 1 atom stereocenters. The maximum Gasteiger partial charge on any atom is 0.230 e. The molecule has 0 bridgehead atoms. The molecule has 23 heavy (non-hydrogen) atoms. The van der Waals surface area contributed by atoms with Gasteiger partial charge in [0.2, 0.25) is 5.91 Å². The van der Waals surface area contributed by atoms with Crippen molar-refractivity contribution in [1.29, 1.82) is 0 Å². The minimum atomic E-state index is -2.97. The summed E-state index contributed by atoms with van der Waals surface area (Å²) in [7, 11) is -2.97. The lowest BCUT2D eigenvalue weighted by Gasteiger charge is -2.11. The van der Waals surface area contributed by atoms with Crippen molar-refractivity contribution in [3.8, 4) is 0 Å². The van der Waals surface area contributed by atoms with Crippen molar-refractivity contribution in [3.05, 3.63) is 5.82 Å². The fourth-order valence-corrected chi connectivity index (χ4v) is 5.49. The van der Waals surface area contributed by atoms with Crippen molar-refractivity contribution < 1.29 is 13.2 Å². The molecule has 4 rings (SSSR count). The Morgan fingerprint density at radius 3 is 2.61 bits per heavy atom. The lowest BCUT2D eigenvalue weighted by atomic mass is 10.3. The van der Waals surface area contributed by atoms with Gasteiger partial charge < -0.3 is 9.88 Å². The van der Waals surface area contributed by atoms with E-state index in [4.69, 9.17) is 0 Å². The summed E-state index contributed by atoms with van der Waals surface area (Å²) in [4.78, 5) is 12.0. The zero-order chi connectivity index (χ0) is 16.0. The van der Waals surface area contributed by atoms with E-state index in [1.807, 2.05) is 0 Å². The van der Waals surface area contributed by atoms with Crippen molar-refractivity contribution in [3.63, 3.8) is 0 Å². The molecule has 1 saturated heterocycles. The van der Waals surface area contributed by atoms with Gasteiger partial charge in [-0.2, -0.15) is 0 Å². The Balaban J connectivity index is 1.35. The van der Waals surface area contributed by atoms with E-state index in [2.05, 4.69) is 20.1 Å². The number of nitrogens with one attached hydrogen (secondary N) is 1. The first-order chi connectivity index (χ1) is 11.0. The van der Waals surface area contributed by atoms with Gasteiger partial charge in [0.1, 0.15) is 5.82 Å². The molecule has 1 amide bonds. The summed E-state index contributed by atoms with van der Waals surface area (Å²) in [6.45, 7) is 0. The van der Waals surface area contributed by atoms with Crippen molar-refractivity contribution in [2.24, 2.45) is 0 Å². The molecule has 0 radical (unpaired) electrons. The number of sulfone groups is 1. The topological polar surface area (TPSA) is 93.9 Å². The smallest absolute Gasteiger partial charge is 0.230 e. The molecular weight excluding hydrogens is 336 g/mol. The third kappa shape index (κ3) is 3.55. The maximum absolute atomic E-state index is 12.0. The number of carbonyl (C=O) groups is 1. The molecule has 1 aromatic rings. The van der Waals surface area contributed by atoms with Crippen LogP contribution < -0.4 is 5.32 Å². The van der Waals surface area contributed by atoms with Gasteiger partial charge in [-0.1, -0.05) is 11.8 Å². The fraction of sp³-hybridized carbons (Fsp3) is 0.786. The Morgan fingerprint density at radius 1 is 1.22 bits per heavy atom. The van der Waals surface area contributed by atoms with E-state index >= 15 is 0 Å². The van der Waals surface area contributed by atoms with E-state index in [0.29, 0.717) is 18.4 Å². The Kier molecular flexibility index (Phi) is 3.87. The van der Waals surface area contributed by atoms with Crippen LogP contribution in [-0.4, -0.2) is 52.4 Å². The predicted molar refractivity (Wildman–Crippen MR) is 86.2 cm³/mol. The molecular formula is C14H20N4O3S2. The van der Waals surface area contributed by atoms with Crippen LogP contribution in [0.15, 0.2) is 5.16 Å². The van der Waals surface area contributed by atoms with Crippen molar-refractivity contribution in [2.75, 3.05) is 17.3 Å². The minimum absolute atomic E-state index is 0.0630. The molecule has 9 heteroatoms. The van der Waals surface area contributed by atoms with Crippen LogP contribution in [0.3, 0.4) is 0 Å². The third-order valence-electron chi connectivity index (χ3n) is 4.48. The Bertz CT molecular complexity index is 722. The van der Waals surface area contributed by atoms with Crippen LogP contribution in [0.25, 0.3) is 0 Å². The highest BCUT2D eigenvalue weighted by Gasteiger charge is 2.36. The standard InChI is InChI=1S/C14H20N4O3S2/c19-12(15-10-5-6-23(20,21)8-10)7-22-14-17-16-13(9-1-2-9)18(14)11-3-4-11/h9-11H,1-8H2,(H,15,19)/t10-/m0/s1. The minimum Gasteiger partial charge on any atom is -0.352 e. The molecule has 0 spiro atoms. The zero-order valence-corrected chi connectivity index (χ0v) is 14.4. The van der Waals surface area contributed by atoms with E-state index in [1.165, 1.54) is 24.6 Å².